The summed E-state index contributed by atoms with van der Waals surface area (Å²) >= 11 is 0. The Bertz CT molecular complexity index is 272. The van der Waals surface area contributed by atoms with E-state index >= 15 is 0 Å². The lowest BCUT2D eigenvalue weighted by Crippen LogP contribution is -2.37. The van der Waals surface area contributed by atoms with Gasteiger partial charge in [0, 0.05) is 12.8 Å². The Labute approximate surface area is 84.1 Å². The summed E-state index contributed by atoms with van der Waals surface area (Å²) in [4.78, 5) is 0. The predicted octanol–water partition coefficient (Wildman–Crippen LogP) is 2.82. The van der Waals surface area contributed by atoms with Gasteiger partial charge in [-0.2, -0.15) is 0 Å². The van der Waals surface area contributed by atoms with E-state index in [0.717, 1.165) is 12.8 Å². The lowest BCUT2D eigenvalue weighted by Gasteiger charge is -2.23. The maximum Gasteiger partial charge on any atom is 0.130 e. The van der Waals surface area contributed by atoms with Crippen LogP contribution in [0.3, 0.4) is 0 Å². The van der Waals surface area contributed by atoms with E-state index in [1.54, 1.807) is 0 Å². The van der Waals surface area contributed by atoms with Gasteiger partial charge in [-0.3, -0.25) is 0 Å². The zero-order chi connectivity index (χ0) is 9.95. The third-order valence-corrected chi connectivity index (χ3v) is 10.9. The Morgan fingerprint density at radius 1 is 0.769 bits per heavy atom. The molecule has 1 rings (SSSR count). The first-order valence-electron chi connectivity index (χ1n) is 4.91. The third kappa shape index (κ3) is 3.85. The van der Waals surface area contributed by atoms with Crippen molar-refractivity contribution in [1.82, 2.24) is 0 Å². The minimum Gasteiger partial charge on any atom is -0.132 e. The Kier molecular flexibility index (Phi) is 3.06. The minimum atomic E-state index is -1.24. The summed E-state index contributed by atoms with van der Waals surface area (Å²) in [6.07, 6.45) is 1.96. The fraction of sp³-hybridized carbons (Fsp3) is 0.636. The molecule has 0 aromatic heterocycles. The molecule has 0 atom stereocenters. The monoisotopic (exact) mass is 206 g/mol. The van der Waals surface area contributed by atoms with Crippen LogP contribution in [0, 0.1) is 22.9 Å². The molecule has 0 nitrogen and oxygen atoms in total. The first kappa shape index (κ1) is 10.6. The standard InChI is InChI=1S/C11H18Si2/c1-12(2)9-7-5-6-8-10-13(3,4)11-12/h5-6,11H2,1-4H3. The topological polar surface area (TPSA) is 0 Å². The van der Waals surface area contributed by atoms with Crippen molar-refractivity contribution in [3.63, 3.8) is 0 Å². The van der Waals surface area contributed by atoms with Gasteiger partial charge in [0.2, 0.25) is 0 Å². The summed E-state index contributed by atoms with van der Waals surface area (Å²) in [6, 6.07) is 0. The van der Waals surface area contributed by atoms with Crippen LogP contribution in [0.2, 0.25) is 31.9 Å². The van der Waals surface area contributed by atoms with Crippen LogP contribution in [0.5, 0.6) is 0 Å². The smallest absolute Gasteiger partial charge is 0.130 e. The van der Waals surface area contributed by atoms with Crippen LogP contribution in [0.15, 0.2) is 0 Å². The summed E-state index contributed by atoms with van der Waals surface area (Å²) in [5, 5.41) is 0. The van der Waals surface area contributed by atoms with Gasteiger partial charge >= 0.3 is 0 Å². The summed E-state index contributed by atoms with van der Waals surface area (Å²) in [5.74, 6) is 6.57. The van der Waals surface area contributed by atoms with Crippen molar-refractivity contribution in [3.8, 4) is 22.9 Å². The highest BCUT2D eigenvalue weighted by atomic mass is 28.4. The molecule has 0 saturated carbocycles. The van der Waals surface area contributed by atoms with Crippen LogP contribution >= 0.6 is 0 Å². The maximum atomic E-state index is 3.50. The summed E-state index contributed by atoms with van der Waals surface area (Å²) in [6.45, 7) is 9.51. The minimum absolute atomic E-state index is 0.980. The third-order valence-electron chi connectivity index (χ3n) is 2.11. The molecule has 0 spiro atoms. The molecular weight excluding hydrogens is 188 g/mol. The van der Waals surface area contributed by atoms with Gasteiger partial charge in [-0.25, -0.2) is 0 Å². The van der Waals surface area contributed by atoms with Crippen molar-refractivity contribution < 1.29 is 0 Å². The highest BCUT2D eigenvalue weighted by Gasteiger charge is 2.30. The van der Waals surface area contributed by atoms with Gasteiger partial charge < -0.3 is 0 Å². The van der Waals surface area contributed by atoms with Gasteiger partial charge in [0.1, 0.15) is 16.1 Å². The molecule has 0 fully saturated rings. The van der Waals surface area contributed by atoms with Gasteiger partial charge in [0.15, 0.2) is 0 Å². The van der Waals surface area contributed by atoms with Crippen LogP contribution in [-0.2, 0) is 0 Å². The molecule has 0 unspecified atom stereocenters. The van der Waals surface area contributed by atoms with E-state index in [1.807, 2.05) is 0 Å². The molecule has 0 aromatic rings. The van der Waals surface area contributed by atoms with E-state index in [4.69, 9.17) is 0 Å². The van der Waals surface area contributed by atoms with E-state index in [2.05, 4.69) is 49.1 Å². The van der Waals surface area contributed by atoms with E-state index in [9.17, 15) is 0 Å². The molecule has 1 aliphatic heterocycles. The molecule has 1 heterocycles. The van der Waals surface area contributed by atoms with Gasteiger partial charge in [-0.05, 0) is 5.67 Å². The highest BCUT2D eigenvalue weighted by molar-refractivity contribution is 7.02. The second-order valence-corrected chi connectivity index (χ2v) is 14.5. The van der Waals surface area contributed by atoms with Crippen LogP contribution in [0.1, 0.15) is 12.8 Å². The molecule has 0 radical (unpaired) electrons. The van der Waals surface area contributed by atoms with Gasteiger partial charge in [-0.15, -0.1) is 22.9 Å². The SMILES string of the molecule is C[Si]1(C)C#CCCC#C[Si](C)(C)C1. The lowest BCUT2D eigenvalue weighted by atomic mass is 10.3. The van der Waals surface area contributed by atoms with Crippen molar-refractivity contribution in [1.29, 1.82) is 0 Å². The Hall–Kier alpha value is -0.446. The number of rotatable bonds is 0. The largest absolute Gasteiger partial charge is 0.132 e. The fourth-order valence-corrected chi connectivity index (χ4v) is 12.7. The number of hydrogen-bond acceptors (Lipinski definition) is 0. The number of hydrogen-bond donors (Lipinski definition) is 0. The van der Waals surface area contributed by atoms with Crippen LogP contribution in [-0.4, -0.2) is 16.1 Å². The van der Waals surface area contributed by atoms with Crippen molar-refractivity contribution in [3.05, 3.63) is 0 Å². The van der Waals surface area contributed by atoms with Crippen molar-refractivity contribution >= 4 is 16.1 Å². The molecule has 0 saturated heterocycles. The van der Waals surface area contributed by atoms with E-state index in [1.165, 1.54) is 5.67 Å². The van der Waals surface area contributed by atoms with Gasteiger partial charge in [0.05, 0.1) is 0 Å². The zero-order valence-electron chi connectivity index (χ0n) is 9.12. The summed E-state index contributed by atoms with van der Waals surface area (Å²) in [5.41, 5.74) is 8.33. The normalized spacial score (nSPS) is 23.7. The Morgan fingerprint density at radius 2 is 1.15 bits per heavy atom. The van der Waals surface area contributed by atoms with Gasteiger partial charge in [-0.1, -0.05) is 26.2 Å². The fourth-order valence-electron chi connectivity index (χ4n) is 1.92. The van der Waals surface area contributed by atoms with Gasteiger partial charge in [0.25, 0.3) is 0 Å². The molecule has 0 N–H and O–H groups in total. The highest BCUT2D eigenvalue weighted by Crippen LogP contribution is 2.19. The lowest BCUT2D eigenvalue weighted by molar-refractivity contribution is 1.12. The quantitative estimate of drug-likeness (QED) is 0.422. The second-order valence-electron chi connectivity index (χ2n) is 5.05. The van der Waals surface area contributed by atoms with Crippen LogP contribution < -0.4 is 0 Å². The van der Waals surface area contributed by atoms with E-state index < -0.39 is 16.1 Å². The van der Waals surface area contributed by atoms with Crippen molar-refractivity contribution in [2.24, 2.45) is 0 Å². The molecule has 0 aliphatic carbocycles. The predicted molar refractivity (Wildman–Crippen MR) is 64.6 cm³/mol. The summed E-state index contributed by atoms with van der Waals surface area (Å²) < 4.78 is 0. The maximum absolute atomic E-state index is 3.50. The van der Waals surface area contributed by atoms with E-state index in [0.29, 0.717) is 0 Å². The summed E-state index contributed by atoms with van der Waals surface area (Å²) in [7, 11) is -2.49. The molecule has 0 bridgehead atoms. The van der Waals surface area contributed by atoms with Crippen LogP contribution in [0.25, 0.3) is 0 Å². The first-order chi connectivity index (χ1) is 5.91. The molecule has 1 aliphatic rings. The van der Waals surface area contributed by atoms with Crippen molar-refractivity contribution in [2.45, 2.75) is 44.7 Å². The van der Waals surface area contributed by atoms with Crippen molar-refractivity contribution in [2.75, 3.05) is 0 Å². The Balaban J connectivity index is 2.91. The zero-order valence-corrected chi connectivity index (χ0v) is 11.1. The second kappa shape index (κ2) is 3.74. The van der Waals surface area contributed by atoms with Crippen LogP contribution in [0.4, 0.5) is 0 Å². The Morgan fingerprint density at radius 3 is 1.54 bits per heavy atom. The average Bonchev–Trinajstić information content (AvgIpc) is 1.97. The molecular formula is C11H18Si2. The molecule has 0 aromatic carbocycles. The average molecular weight is 206 g/mol. The molecule has 2 heteroatoms. The molecule has 70 valence electrons. The first-order valence-corrected chi connectivity index (χ1v) is 11.3. The van der Waals surface area contributed by atoms with E-state index in [-0.39, 0.29) is 0 Å². The molecule has 0 amide bonds. The molecule has 13 heavy (non-hydrogen) atoms.